The molecule has 2 aromatic rings. The summed E-state index contributed by atoms with van der Waals surface area (Å²) in [5, 5.41) is 14.6. The van der Waals surface area contributed by atoms with Gasteiger partial charge in [0.25, 0.3) is 0 Å². The summed E-state index contributed by atoms with van der Waals surface area (Å²) in [6, 6.07) is 11.3. The quantitative estimate of drug-likeness (QED) is 0.0913. The Labute approximate surface area is 271 Å². The topological polar surface area (TPSA) is 149 Å². The predicted octanol–water partition coefficient (Wildman–Crippen LogP) is 4.39. The number of esters is 1. The lowest BCUT2D eigenvalue weighted by Crippen LogP contribution is -2.27. The van der Waals surface area contributed by atoms with Crippen LogP contribution in [0, 0.1) is 0 Å². The van der Waals surface area contributed by atoms with E-state index in [1.165, 1.54) is 6.92 Å². The smallest absolute Gasteiger partial charge is 0.302 e. The molecule has 0 bridgehead atoms. The number of Topliss-reactive ketones (excluding diaryl/α,β-unsaturated/α-hetero) is 1. The second-order valence-corrected chi connectivity index (χ2v) is 11.2. The number of ether oxygens (including phenoxy) is 4. The highest BCUT2D eigenvalue weighted by molar-refractivity contribution is 5.98. The maximum absolute atomic E-state index is 13.0. The van der Waals surface area contributed by atoms with Crippen LogP contribution in [0.1, 0.15) is 85.7 Å². The number of carbonyl (C=O) groups excluding carboxylic acids is 4. The molecule has 3 N–H and O–H groups in total. The molecule has 0 radical (unpaired) electrons. The number of unbranched alkanes of at least 4 members (excludes halogenated alkanes) is 1. The fraction of sp³-hybridized carbons (Fsp3) is 0.543. The molecule has 0 fully saturated rings. The molecule has 3 rings (SSSR count). The zero-order valence-electron chi connectivity index (χ0n) is 27.1. The van der Waals surface area contributed by atoms with Gasteiger partial charge in [0, 0.05) is 90.0 Å². The third-order valence-electron chi connectivity index (χ3n) is 7.61. The van der Waals surface area contributed by atoms with Crippen LogP contribution in [0.5, 0.6) is 0 Å². The first-order valence-electron chi connectivity index (χ1n) is 16.1. The number of anilines is 1. The second kappa shape index (κ2) is 20.5. The molecular weight excluding hydrogens is 592 g/mol. The molecule has 0 saturated carbocycles. The van der Waals surface area contributed by atoms with E-state index in [9.17, 15) is 19.2 Å². The van der Waals surface area contributed by atoms with Crippen molar-refractivity contribution < 1.29 is 43.2 Å². The highest BCUT2D eigenvalue weighted by atomic mass is 16.5. The highest BCUT2D eigenvalue weighted by Gasteiger charge is 2.31. The highest BCUT2D eigenvalue weighted by Crippen LogP contribution is 2.46. The number of aliphatic hydroxyl groups is 1. The Balaban J connectivity index is 1.54. The Kier molecular flexibility index (Phi) is 16.4. The number of rotatable bonds is 23. The van der Waals surface area contributed by atoms with Crippen molar-refractivity contribution in [1.82, 2.24) is 5.32 Å². The molecule has 2 aromatic carbocycles. The molecule has 1 aliphatic carbocycles. The number of benzene rings is 2. The summed E-state index contributed by atoms with van der Waals surface area (Å²) in [4.78, 5) is 49.5. The van der Waals surface area contributed by atoms with Crippen molar-refractivity contribution in [3.63, 3.8) is 0 Å². The summed E-state index contributed by atoms with van der Waals surface area (Å²) in [6.07, 6.45) is 4.07. The molecule has 46 heavy (non-hydrogen) atoms. The van der Waals surface area contributed by atoms with Crippen LogP contribution in [0.4, 0.5) is 5.69 Å². The molecule has 0 aliphatic heterocycles. The Morgan fingerprint density at radius 1 is 0.761 bits per heavy atom. The lowest BCUT2D eigenvalue weighted by atomic mass is 9.94. The van der Waals surface area contributed by atoms with Crippen molar-refractivity contribution in [2.75, 3.05) is 65.2 Å². The van der Waals surface area contributed by atoms with Crippen molar-refractivity contribution in [2.45, 2.75) is 64.2 Å². The number of aliphatic hydroxyl groups excluding tert-OH is 1. The van der Waals surface area contributed by atoms with E-state index in [1.54, 1.807) is 7.11 Å². The van der Waals surface area contributed by atoms with Crippen molar-refractivity contribution in [1.29, 1.82) is 0 Å². The van der Waals surface area contributed by atoms with Gasteiger partial charge in [-0.3, -0.25) is 19.2 Å². The first-order chi connectivity index (χ1) is 22.3. The van der Waals surface area contributed by atoms with E-state index in [0.717, 1.165) is 35.1 Å². The van der Waals surface area contributed by atoms with Gasteiger partial charge < -0.3 is 34.7 Å². The number of methoxy groups -OCH3 is 1. The number of hydrogen-bond acceptors (Lipinski definition) is 9. The van der Waals surface area contributed by atoms with E-state index >= 15 is 0 Å². The fourth-order valence-electron chi connectivity index (χ4n) is 5.28. The van der Waals surface area contributed by atoms with Crippen molar-refractivity contribution >= 4 is 29.3 Å². The third-order valence-corrected chi connectivity index (χ3v) is 7.61. The summed E-state index contributed by atoms with van der Waals surface area (Å²) in [5.74, 6) is -1.01. The summed E-state index contributed by atoms with van der Waals surface area (Å²) in [6.45, 7) is 4.72. The summed E-state index contributed by atoms with van der Waals surface area (Å²) in [5.41, 5.74) is 4.91. The number of fused-ring (bicyclic) bond motifs is 3. The first kappa shape index (κ1) is 36.8. The number of hydrogen-bond donors (Lipinski definition) is 3. The molecule has 0 saturated heterocycles. The van der Waals surface area contributed by atoms with Gasteiger partial charge in [0.2, 0.25) is 11.8 Å². The standard InChI is InChI=1S/C35H48N2O9/c1-25(39)46-24-32-30-22-26(33(40)8-6-19-44-18-4-3-16-38)11-13-28(30)29-14-12-27(23-31(29)32)37-35(42)10-5-9-34(41)36-15-21-45-20-7-17-43-2/h11-14,22-23,32,38H,3-10,15-21,24H2,1-2H3,(H,36,41)(H,37,42). The SMILES string of the molecule is COCCCOCCNC(=O)CCCC(=O)Nc1ccc2c(c1)C(COC(C)=O)c1cc(C(=O)CCCOCCCCO)ccc1-2. The van der Waals surface area contributed by atoms with Gasteiger partial charge in [-0.1, -0.05) is 18.2 Å². The summed E-state index contributed by atoms with van der Waals surface area (Å²) in [7, 11) is 1.64. The van der Waals surface area contributed by atoms with Crippen LogP contribution in [-0.2, 0) is 33.3 Å². The van der Waals surface area contributed by atoms with E-state index in [-0.39, 0.29) is 49.6 Å². The van der Waals surface area contributed by atoms with E-state index in [2.05, 4.69) is 10.6 Å². The van der Waals surface area contributed by atoms with Gasteiger partial charge in [-0.05, 0) is 72.6 Å². The molecule has 0 spiro atoms. The van der Waals surface area contributed by atoms with E-state index in [4.69, 9.17) is 24.1 Å². The number of amides is 2. The molecule has 1 unspecified atom stereocenters. The van der Waals surface area contributed by atoms with Gasteiger partial charge in [0.05, 0.1) is 6.61 Å². The molecule has 1 aliphatic rings. The molecule has 0 aromatic heterocycles. The Morgan fingerprint density at radius 3 is 2.22 bits per heavy atom. The largest absolute Gasteiger partial charge is 0.465 e. The minimum atomic E-state index is -0.399. The lowest BCUT2D eigenvalue weighted by molar-refractivity contribution is -0.141. The Hall–Kier alpha value is -3.64. The van der Waals surface area contributed by atoms with Gasteiger partial charge in [-0.2, -0.15) is 0 Å². The van der Waals surface area contributed by atoms with E-state index < -0.39 is 5.97 Å². The predicted molar refractivity (Wildman–Crippen MR) is 174 cm³/mol. The third kappa shape index (κ3) is 12.3. The van der Waals surface area contributed by atoms with Crippen molar-refractivity contribution in [2.24, 2.45) is 0 Å². The van der Waals surface area contributed by atoms with Gasteiger partial charge >= 0.3 is 5.97 Å². The number of ketones is 1. The van der Waals surface area contributed by atoms with Gasteiger partial charge in [-0.25, -0.2) is 0 Å². The monoisotopic (exact) mass is 640 g/mol. The molecule has 11 nitrogen and oxygen atoms in total. The average Bonchev–Trinajstić information content (AvgIpc) is 3.34. The maximum Gasteiger partial charge on any atom is 0.302 e. The lowest BCUT2D eigenvalue weighted by Gasteiger charge is -2.15. The molecule has 0 heterocycles. The van der Waals surface area contributed by atoms with Crippen molar-refractivity contribution in [3.05, 3.63) is 53.1 Å². The van der Waals surface area contributed by atoms with Crippen LogP contribution in [0.2, 0.25) is 0 Å². The average molecular weight is 641 g/mol. The zero-order chi connectivity index (χ0) is 33.1. The first-order valence-corrected chi connectivity index (χ1v) is 16.1. The van der Waals surface area contributed by atoms with Crippen molar-refractivity contribution in [3.8, 4) is 11.1 Å². The zero-order valence-corrected chi connectivity index (χ0v) is 27.1. The molecular formula is C35H48N2O9. The second-order valence-electron chi connectivity index (χ2n) is 11.2. The van der Waals surface area contributed by atoms with Crippen LogP contribution >= 0.6 is 0 Å². The Morgan fingerprint density at radius 2 is 1.46 bits per heavy atom. The molecule has 11 heteroatoms. The normalized spacial score (nSPS) is 13.2. The fourth-order valence-corrected chi connectivity index (χ4v) is 5.28. The summed E-state index contributed by atoms with van der Waals surface area (Å²) >= 11 is 0. The van der Waals surface area contributed by atoms with E-state index in [0.29, 0.717) is 76.5 Å². The summed E-state index contributed by atoms with van der Waals surface area (Å²) < 4.78 is 21.3. The minimum Gasteiger partial charge on any atom is -0.465 e. The van der Waals surface area contributed by atoms with Crippen LogP contribution < -0.4 is 10.6 Å². The molecule has 1 atom stereocenters. The van der Waals surface area contributed by atoms with Crippen LogP contribution in [-0.4, -0.2) is 88.6 Å². The van der Waals surface area contributed by atoms with Crippen LogP contribution in [0.3, 0.4) is 0 Å². The van der Waals surface area contributed by atoms with Crippen LogP contribution in [0.25, 0.3) is 11.1 Å². The van der Waals surface area contributed by atoms with Gasteiger partial charge in [0.1, 0.15) is 6.61 Å². The van der Waals surface area contributed by atoms with Gasteiger partial charge in [0.15, 0.2) is 5.78 Å². The van der Waals surface area contributed by atoms with Crippen LogP contribution in [0.15, 0.2) is 36.4 Å². The number of carbonyl (C=O) groups is 4. The number of nitrogens with one attached hydrogen (secondary N) is 2. The molecule has 2 amide bonds. The van der Waals surface area contributed by atoms with Gasteiger partial charge in [-0.15, -0.1) is 0 Å². The Bertz CT molecular complexity index is 1300. The minimum absolute atomic E-state index is 0.0110. The maximum atomic E-state index is 13.0. The molecule has 252 valence electrons. The van der Waals surface area contributed by atoms with E-state index in [1.807, 2.05) is 36.4 Å².